The maximum atomic E-state index is 9.93. The van der Waals surface area contributed by atoms with Gasteiger partial charge in [0, 0.05) is 38.1 Å². The van der Waals surface area contributed by atoms with Crippen molar-refractivity contribution < 1.29 is 5.11 Å². The zero-order chi connectivity index (χ0) is 14.7. The van der Waals surface area contributed by atoms with Crippen LogP contribution in [-0.2, 0) is 0 Å². The highest BCUT2D eigenvalue weighted by atomic mass is 16.3. The first kappa shape index (κ1) is 13.9. The summed E-state index contributed by atoms with van der Waals surface area (Å²) in [6.07, 6.45) is 9.57. The molecule has 2 heterocycles. The Balaban J connectivity index is 1.76. The number of aromatic nitrogens is 4. The molecule has 110 valence electrons. The summed E-state index contributed by atoms with van der Waals surface area (Å²) in [7, 11) is 1.96. The summed E-state index contributed by atoms with van der Waals surface area (Å²) in [4.78, 5) is 19.2. The Labute approximate surface area is 123 Å². The SMILES string of the molecule is CN(CC1CCCC1O)c1nccc(-c2cnccn2)n1. The molecule has 1 aliphatic rings. The molecular formula is C15H19N5O. The Morgan fingerprint density at radius 2 is 2.10 bits per heavy atom. The number of rotatable bonds is 4. The molecule has 1 saturated carbocycles. The minimum Gasteiger partial charge on any atom is -0.393 e. The number of hydrogen-bond donors (Lipinski definition) is 1. The Bertz CT molecular complexity index is 592. The summed E-state index contributed by atoms with van der Waals surface area (Å²) in [5.41, 5.74) is 1.49. The van der Waals surface area contributed by atoms with Crippen LogP contribution in [0.3, 0.4) is 0 Å². The van der Waals surface area contributed by atoms with E-state index in [1.54, 1.807) is 24.8 Å². The van der Waals surface area contributed by atoms with Crippen molar-refractivity contribution in [2.45, 2.75) is 25.4 Å². The lowest BCUT2D eigenvalue weighted by Crippen LogP contribution is -2.30. The first-order chi connectivity index (χ1) is 10.2. The van der Waals surface area contributed by atoms with Crippen molar-refractivity contribution >= 4 is 5.95 Å². The molecule has 1 N–H and O–H groups in total. The molecule has 21 heavy (non-hydrogen) atoms. The van der Waals surface area contributed by atoms with Crippen molar-refractivity contribution in [1.29, 1.82) is 0 Å². The molecule has 0 aromatic carbocycles. The van der Waals surface area contributed by atoms with Crippen LogP contribution in [0.4, 0.5) is 5.95 Å². The molecule has 3 rings (SSSR count). The fourth-order valence-electron chi connectivity index (χ4n) is 2.77. The monoisotopic (exact) mass is 285 g/mol. The highest BCUT2D eigenvalue weighted by molar-refractivity contribution is 5.53. The second-order valence-electron chi connectivity index (χ2n) is 5.47. The van der Waals surface area contributed by atoms with E-state index in [1.807, 2.05) is 18.0 Å². The van der Waals surface area contributed by atoms with Crippen molar-refractivity contribution in [3.8, 4) is 11.4 Å². The summed E-state index contributed by atoms with van der Waals surface area (Å²) in [6.45, 7) is 0.769. The lowest BCUT2D eigenvalue weighted by atomic mass is 10.1. The van der Waals surface area contributed by atoms with E-state index in [0.29, 0.717) is 11.9 Å². The summed E-state index contributed by atoms with van der Waals surface area (Å²) in [6, 6.07) is 1.83. The van der Waals surface area contributed by atoms with Gasteiger partial charge in [-0.15, -0.1) is 0 Å². The van der Waals surface area contributed by atoms with Crippen LogP contribution >= 0.6 is 0 Å². The second kappa shape index (κ2) is 6.13. The zero-order valence-electron chi connectivity index (χ0n) is 12.1. The summed E-state index contributed by atoms with van der Waals surface area (Å²) >= 11 is 0. The van der Waals surface area contributed by atoms with E-state index < -0.39 is 0 Å². The maximum absolute atomic E-state index is 9.93. The van der Waals surface area contributed by atoms with Gasteiger partial charge in [0.2, 0.25) is 5.95 Å². The largest absolute Gasteiger partial charge is 0.393 e. The molecule has 0 aliphatic heterocycles. The van der Waals surface area contributed by atoms with Crippen molar-refractivity contribution in [2.24, 2.45) is 5.92 Å². The van der Waals surface area contributed by atoms with Crippen molar-refractivity contribution in [1.82, 2.24) is 19.9 Å². The smallest absolute Gasteiger partial charge is 0.225 e. The van der Waals surface area contributed by atoms with Gasteiger partial charge < -0.3 is 10.0 Å². The third kappa shape index (κ3) is 3.16. The summed E-state index contributed by atoms with van der Waals surface area (Å²) in [5.74, 6) is 0.955. The van der Waals surface area contributed by atoms with Crippen LogP contribution in [0.1, 0.15) is 19.3 Å². The quantitative estimate of drug-likeness (QED) is 0.918. The van der Waals surface area contributed by atoms with E-state index in [0.717, 1.165) is 37.2 Å². The van der Waals surface area contributed by atoms with Gasteiger partial charge in [-0.2, -0.15) is 0 Å². The third-order valence-corrected chi connectivity index (χ3v) is 3.94. The highest BCUT2D eigenvalue weighted by Gasteiger charge is 2.26. The van der Waals surface area contributed by atoms with Crippen LogP contribution in [0.15, 0.2) is 30.9 Å². The average molecular weight is 285 g/mol. The normalized spacial score (nSPS) is 21.4. The predicted molar refractivity (Wildman–Crippen MR) is 79.7 cm³/mol. The maximum Gasteiger partial charge on any atom is 0.225 e. The summed E-state index contributed by atoms with van der Waals surface area (Å²) in [5, 5.41) is 9.93. The molecule has 2 aromatic heterocycles. The van der Waals surface area contributed by atoms with E-state index in [9.17, 15) is 5.11 Å². The molecule has 1 aliphatic carbocycles. The second-order valence-corrected chi connectivity index (χ2v) is 5.47. The fraction of sp³-hybridized carbons (Fsp3) is 0.467. The van der Waals surface area contributed by atoms with Crippen LogP contribution in [0, 0.1) is 5.92 Å². The van der Waals surface area contributed by atoms with E-state index in [2.05, 4.69) is 19.9 Å². The van der Waals surface area contributed by atoms with Gasteiger partial charge in [0.05, 0.1) is 18.0 Å². The first-order valence-corrected chi connectivity index (χ1v) is 7.22. The standard InChI is InChI=1S/C15H19N5O/c1-20(10-11-3-2-4-14(11)21)15-18-6-5-12(19-15)13-9-16-7-8-17-13/h5-9,11,14,21H,2-4,10H2,1H3. The Kier molecular flexibility index (Phi) is 4.06. The topological polar surface area (TPSA) is 75.0 Å². The van der Waals surface area contributed by atoms with Gasteiger partial charge in [0.15, 0.2) is 0 Å². The van der Waals surface area contributed by atoms with Gasteiger partial charge >= 0.3 is 0 Å². The molecule has 0 saturated heterocycles. The molecule has 2 aromatic rings. The number of anilines is 1. The van der Waals surface area contributed by atoms with Gasteiger partial charge in [-0.1, -0.05) is 6.42 Å². The lowest BCUT2D eigenvalue weighted by Gasteiger charge is -2.23. The van der Waals surface area contributed by atoms with E-state index in [4.69, 9.17) is 0 Å². The van der Waals surface area contributed by atoms with Crippen LogP contribution < -0.4 is 4.90 Å². The first-order valence-electron chi connectivity index (χ1n) is 7.22. The molecule has 0 bridgehead atoms. The number of aliphatic hydroxyl groups excluding tert-OH is 1. The van der Waals surface area contributed by atoms with Gasteiger partial charge in [0.25, 0.3) is 0 Å². The third-order valence-electron chi connectivity index (χ3n) is 3.94. The molecule has 0 amide bonds. The van der Waals surface area contributed by atoms with E-state index in [1.165, 1.54) is 0 Å². The van der Waals surface area contributed by atoms with Crippen molar-refractivity contribution in [3.05, 3.63) is 30.9 Å². The minimum atomic E-state index is -0.198. The Morgan fingerprint density at radius 1 is 1.19 bits per heavy atom. The predicted octanol–water partition coefficient (Wildman–Crippen LogP) is 1.53. The molecule has 0 radical (unpaired) electrons. The van der Waals surface area contributed by atoms with Crippen molar-refractivity contribution in [2.75, 3.05) is 18.5 Å². The van der Waals surface area contributed by atoms with Crippen molar-refractivity contribution in [3.63, 3.8) is 0 Å². The Hall–Kier alpha value is -2.08. The molecular weight excluding hydrogens is 266 g/mol. The van der Waals surface area contributed by atoms with Crippen LogP contribution in [-0.4, -0.2) is 44.7 Å². The van der Waals surface area contributed by atoms with Crippen LogP contribution in [0.25, 0.3) is 11.4 Å². The van der Waals surface area contributed by atoms with Crippen LogP contribution in [0.2, 0.25) is 0 Å². The highest BCUT2D eigenvalue weighted by Crippen LogP contribution is 2.27. The van der Waals surface area contributed by atoms with Gasteiger partial charge in [-0.25, -0.2) is 9.97 Å². The summed E-state index contributed by atoms with van der Waals surface area (Å²) < 4.78 is 0. The molecule has 6 nitrogen and oxygen atoms in total. The zero-order valence-corrected chi connectivity index (χ0v) is 12.1. The van der Waals surface area contributed by atoms with Gasteiger partial charge in [0.1, 0.15) is 5.69 Å². The van der Waals surface area contributed by atoms with E-state index in [-0.39, 0.29) is 6.10 Å². The molecule has 2 unspecified atom stereocenters. The molecule has 1 fully saturated rings. The fourth-order valence-corrected chi connectivity index (χ4v) is 2.77. The minimum absolute atomic E-state index is 0.198. The molecule has 2 atom stereocenters. The average Bonchev–Trinajstić information content (AvgIpc) is 2.93. The lowest BCUT2D eigenvalue weighted by molar-refractivity contribution is 0.135. The molecule has 6 heteroatoms. The number of nitrogens with zero attached hydrogens (tertiary/aromatic N) is 5. The van der Waals surface area contributed by atoms with Gasteiger partial charge in [-0.3, -0.25) is 9.97 Å². The molecule has 0 spiro atoms. The Morgan fingerprint density at radius 3 is 2.81 bits per heavy atom. The van der Waals surface area contributed by atoms with Gasteiger partial charge in [-0.05, 0) is 18.9 Å². The van der Waals surface area contributed by atoms with Crippen LogP contribution in [0.5, 0.6) is 0 Å². The number of aliphatic hydroxyl groups is 1. The van der Waals surface area contributed by atoms with E-state index >= 15 is 0 Å². The number of hydrogen-bond acceptors (Lipinski definition) is 6.